The maximum atomic E-state index is 2.31. The Bertz CT molecular complexity index is 1200. The number of fused-ring (bicyclic) bond motifs is 1. The smallest absolute Gasteiger partial charge is 0.226 e. The molecule has 0 radical (unpaired) electrons. The molecule has 0 bridgehead atoms. The molecule has 5 aromatic rings. The second-order valence-electron chi connectivity index (χ2n) is 7.39. The first-order chi connectivity index (χ1) is 14.3. The number of benzene rings is 4. The first kappa shape index (κ1) is 17.4. The van der Waals surface area contributed by atoms with E-state index < -0.39 is 0 Å². The lowest BCUT2D eigenvalue weighted by molar-refractivity contribution is -0.634. The molecule has 0 unspecified atom stereocenters. The van der Waals surface area contributed by atoms with Crippen molar-refractivity contribution in [3.05, 3.63) is 103 Å². The number of hydrogen-bond acceptors (Lipinski definition) is 0. The van der Waals surface area contributed by atoms with Crippen molar-refractivity contribution < 1.29 is 4.57 Å². The lowest BCUT2D eigenvalue weighted by Crippen LogP contribution is -2.30. The molecule has 1 heterocycles. The molecule has 1 aromatic heterocycles. The molecule has 0 saturated heterocycles. The highest BCUT2D eigenvalue weighted by Gasteiger charge is 2.27. The predicted octanol–water partition coefficient (Wildman–Crippen LogP) is 6.00. The third-order valence-electron chi connectivity index (χ3n) is 5.70. The van der Waals surface area contributed by atoms with Crippen LogP contribution in [-0.2, 0) is 14.1 Å². The van der Waals surface area contributed by atoms with Crippen LogP contribution in [0, 0.1) is 0 Å². The van der Waals surface area contributed by atoms with Crippen LogP contribution in [0.3, 0.4) is 0 Å². The molecule has 2 heteroatoms. The maximum absolute atomic E-state index is 2.31. The monoisotopic (exact) mass is 375 g/mol. The van der Waals surface area contributed by atoms with Crippen LogP contribution in [0.25, 0.3) is 44.7 Å². The van der Waals surface area contributed by atoms with Crippen LogP contribution in [0.2, 0.25) is 0 Å². The van der Waals surface area contributed by atoms with E-state index in [-0.39, 0.29) is 0 Å². The van der Waals surface area contributed by atoms with Gasteiger partial charge in [0.15, 0.2) is 11.0 Å². The number of para-hydroxylation sites is 2. The molecule has 140 valence electrons. The highest BCUT2D eigenvalue weighted by molar-refractivity contribution is 5.93. The predicted molar refractivity (Wildman–Crippen MR) is 120 cm³/mol. The highest BCUT2D eigenvalue weighted by atomic mass is 15.1. The molecular weight excluding hydrogens is 352 g/mol. The third kappa shape index (κ3) is 2.85. The van der Waals surface area contributed by atoms with Crippen molar-refractivity contribution in [3.63, 3.8) is 0 Å². The molecule has 0 aliphatic heterocycles. The van der Waals surface area contributed by atoms with Gasteiger partial charge in [0.1, 0.15) is 0 Å². The molecule has 0 aliphatic rings. The van der Waals surface area contributed by atoms with Gasteiger partial charge in [-0.05, 0) is 34.4 Å². The minimum Gasteiger partial charge on any atom is -0.226 e. The van der Waals surface area contributed by atoms with Crippen LogP contribution in [0.5, 0.6) is 0 Å². The molecule has 29 heavy (non-hydrogen) atoms. The molecule has 0 fully saturated rings. The summed E-state index contributed by atoms with van der Waals surface area (Å²) < 4.78 is 4.62. The summed E-state index contributed by atoms with van der Waals surface area (Å²) in [5.74, 6) is 1.20. The van der Waals surface area contributed by atoms with E-state index in [2.05, 4.69) is 126 Å². The average molecular weight is 375 g/mol. The van der Waals surface area contributed by atoms with Gasteiger partial charge in [0.2, 0.25) is 0 Å². The molecule has 2 nitrogen and oxygen atoms in total. The molecule has 0 N–H and O–H groups in total. The van der Waals surface area contributed by atoms with E-state index in [0.717, 1.165) is 0 Å². The van der Waals surface area contributed by atoms with Crippen molar-refractivity contribution in [1.29, 1.82) is 0 Å². The average Bonchev–Trinajstić information content (AvgIpc) is 3.04. The topological polar surface area (TPSA) is 8.81 Å². The van der Waals surface area contributed by atoms with E-state index in [1.165, 1.54) is 44.7 Å². The normalized spacial score (nSPS) is 11.1. The Hall–Kier alpha value is -3.65. The SMILES string of the molecule is Cn1c(-c2c(-c3ccccc3)cccc2-c2ccccc2)[n+](C)c2ccccc21. The van der Waals surface area contributed by atoms with E-state index in [0.29, 0.717) is 0 Å². The summed E-state index contributed by atoms with van der Waals surface area (Å²) in [7, 11) is 4.32. The fourth-order valence-electron chi connectivity index (χ4n) is 4.33. The van der Waals surface area contributed by atoms with Crippen molar-refractivity contribution in [2.45, 2.75) is 0 Å². The summed E-state index contributed by atoms with van der Waals surface area (Å²) in [4.78, 5) is 0. The molecular formula is C27H23N2+. The molecule has 5 rings (SSSR count). The van der Waals surface area contributed by atoms with Gasteiger partial charge < -0.3 is 0 Å². The van der Waals surface area contributed by atoms with E-state index in [1.54, 1.807) is 0 Å². The van der Waals surface area contributed by atoms with Crippen LogP contribution < -0.4 is 4.57 Å². The fraction of sp³-hybridized carbons (Fsp3) is 0.0741. The first-order valence-corrected chi connectivity index (χ1v) is 9.93. The number of nitrogens with zero attached hydrogens (tertiary/aromatic N) is 2. The van der Waals surface area contributed by atoms with Gasteiger partial charge in [0.05, 0.1) is 19.7 Å². The van der Waals surface area contributed by atoms with Gasteiger partial charge >= 0.3 is 0 Å². The summed E-state index contributed by atoms with van der Waals surface area (Å²) in [6.07, 6.45) is 0. The van der Waals surface area contributed by atoms with Gasteiger partial charge in [-0.2, -0.15) is 0 Å². The molecule has 0 saturated carbocycles. The minimum atomic E-state index is 1.20. The van der Waals surface area contributed by atoms with Crippen LogP contribution in [-0.4, -0.2) is 4.57 Å². The van der Waals surface area contributed by atoms with Crippen LogP contribution in [0.4, 0.5) is 0 Å². The van der Waals surface area contributed by atoms with Gasteiger partial charge in [0.25, 0.3) is 5.82 Å². The van der Waals surface area contributed by atoms with Crippen molar-refractivity contribution >= 4 is 11.0 Å². The van der Waals surface area contributed by atoms with Gasteiger partial charge in [-0.1, -0.05) is 91.0 Å². The van der Waals surface area contributed by atoms with E-state index in [9.17, 15) is 0 Å². The number of imidazole rings is 1. The molecule has 0 atom stereocenters. The van der Waals surface area contributed by atoms with Crippen molar-refractivity contribution in [2.24, 2.45) is 14.1 Å². The second-order valence-corrected chi connectivity index (χ2v) is 7.39. The lowest BCUT2D eigenvalue weighted by atomic mass is 9.91. The standard InChI is InChI=1S/C27H23N2/c1-28-24-18-9-10-19-25(24)29(2)27(28)26-22(20-12-5-3-6-13-20)16-11-17-23(26)21-14-7-4-8-15-21/h3-19H,1-2H3/q+1. The van der Waals surface area contributed by atoms with E-state index in [1.807, 2.05) is 0 Å². The Kier molecular flexibility index (Phi) is 4.25. The van der Waals surface area contributed by atoms with Crippen LogP contribution in [0.15, 0.2) is 103 Å². The molecule has 0 spiro atoms. The lowest BCUT2D eigenvalue weighted by Gasteiger charge is -2.14. The Balaban J connectivity index is 1.91. The molecule has 0 amide bonds. The number of rotatable bonds is 3. The summed E-state index contributed by atoms with van der Waals surface area (Å²) in [6, 6.07) is 36.5. The Morgan fingerprint density at radius 3 is 1.66 bits per heavy atom. The maximum Gasteiger partial charge on any atom is 0.290 e. The summed E-state index contributed by atoms with van der Waals surface area (Å²) in [5.41, 5.74) is 8.66. The molecule has 0 aliphatic carbocycles. The quantitative estimate of drug-likeness (QED) is 0.342. The Labute approximate surface area is 171 Å². The Morgan fingerprint density at radius 1 is 0.586 bits per heavy atom. The summed E-state index contributed by atoms with van der Waals surface area (Å²) in [5, 5.41) is 0. The van der Waals surface area contributed by atoms with Crippen molar-refractivity contribution in [1.82, 2.24) is 4.57 Å². The van der Waals surface area contributed by atoms with E-state index >= 15 is 0 Å². The van der Waals surface area contributed by atoms with Gasteiger partial charge in [-0.15, -0.1) is 0 Å². The third-order valence-corrected chi connectivity index (χ3v) is 5.70. The largest absolute Gasteiger partial charge is 0.290 e. The zero-order valence-corrected chi connectivity index (χ0v) is 16.7. The Morgan fingerprint density at radius 2 is 1.10 bits per heavy atom. The van der Waals surface area contributed by atoms with Crippen LogP contribution in [0.1, 0.15) is 0 Å². The summed E-state index contributed by atoms with van der Waals surface area (Å²) >= 11 is 0. The van der Waals surface area contributed by atoms with Gasteiger partial charge in [0, 0.05) is 0 Å². The van der Waals surface area contributed by atoms with E-state index in [4.69, 9.17) is 0 Å². The van der Waals surface area contributed by atoms with Gasteiger partial charge in [-0.3, -0.25) is 0 Å². The number of aromatic nitrogens is 2. The highest BCUT2D eigenvalue weighted by Crippen LogP contribution is 2.39. The van der Waals surface area contributed by atoms with Crippen molar-refractivity contribution in [3.8, 4) is 33.6 Å². The second kappa shape index (κ2) is 7.06. The number of aryl methyl sites for hydroxylation is 2. The minimum absolute atomic E-state index is 1.20. The fourth-order valence-corrected chi connectivity index (χ4v) is 4.33. The zero-order valence-electron chi connectivity index (χ0n) is 16.7. The molecule has 4 aromatic carbocycles. The van der Waals surface area contributed by atoms with Gasteiger partial charge in [-0.25, -0.2) is 9.13 Å². The van der Waals surface area contributed by atoms with Crippen LogP contribution >= 0.6 is 0 Å². The summed E-state index contributed by atoms with van der Waals surface area (Å²) in [6.45, 7) is 0. The van der Waals surface area contributed by atoms with Crippen molar-refractivity contribution in [2.75, 3.05) is 0 Å². The first-order valence-electron chi connectivity index (χ1n) is 9.93. The number of hydrogen-bond donors (Lipinski definition) is 0. The zero-order chi connectivity index (χ0) is 19.8.